The fourth-order valence-corrected chi connectivity index (χ4v) is 2.92. The highest BCUT2D eigenvalue weighted by Crippen LogP contribution is 2.19. The van der Waals surface area contributed by atoms with E-state index in [1.165, 1.54) is 6.92 Å². The van der Waals surface area contributed by atoms with Gasteiger partial charge in [0.05, 0.1) is 0 Å². The zero-order valence-electron chi connectivity index (χ0n) is 11.5. The largest absolute Gasteiger partial charge is 0.475 e. The molecule has 1 heterocycles. The van der Waals surface area contributed by atoms with Crippen molar-refractivity contribution in [2.45, 2.75) is 31.1 Å². The van der Waals surface area contributed by atoms with Crippen molar-refractivity contribution in [1.82, 2.24) is 4.72 Å². The Morgan fingerprint density at radius 3 is 2.65 bits per heavy atom. The number of unbranched alkanes of at least 4 members (excludes halogenated alkanes) is 2. The molecule has 0 radical (unpaired) electrons. The summed E-state index contributed by atoms with van der Waals surface area (Å²) in [5.74, 6) is -1.62. The molecular weight excluding hydrogens is 286 g/mol. The van der Waals surface area contributed by atoms with Gasteiger partial charge in [0.1, 0.15) is 10.7 Å². The van der Waals surface area contributed by atoms with Crippen LogP contribution in [0.3, 0.4) is 0 Å². The molecule has 0 aliphatic rings. The van der Waals surface area contributed by atoms with E-state index in [0.29, 0.717) is 19.6 Å². The van der Waals surface area contributed by atoms with Crippen LogP contribution >= 0.6 is 0 Å². The second kappa shape index (κ2) is 7.41. The van der Waals surface area contributed by atoms with Crippen molar-refractivity contribution < 1.29 is 27.5 Å². The minimum Gasteiger partial charge on any atom is -0.475 e. The molecule has 0 amide bonds. The van der Waals surface area contributed by atoms with Crippen molar-refractivity contribution in [2.24, 2.45) is 0 Å². The number of aryl methyl sites for hydroxylation is 1. The minimum atomic E-state index is -3.73. The summed E-state index contributed by atoms with van der Waals surface area (Å²) in [6.07, 6.45) is 2.40. The van der Waals surface area contributed by atoms with Gasteiger partial charge in [-0.15, -0.1) is 0 Å². The number of methoxy groups -OCH3 is 1. The van der Waals surface area contributed by atoms with E-state index in [1.807, 2.05) is 0 Å². The highest BCUT2D eigenvalue weighted by molar-refractivity contribution is 7.89. The Kier molecular flexibility index (Phi) is 6.18. The SMILES string of the molecule is COCCCCCNS(=O)(=O)c1cc(C(=O)O)oc1C. The fraction of sp³-hybridized carbons (Fsp3) is 0.583. The summed E-state index contributed by atoms with van der Waals surface area (Å²) in [6.45, 7) is 2.36. The Labute approximate surface area is 118 Å². The normalized spacial score (nSPS) is 11.7. The highest BCUT2D eigenvalue weighted by Gasteiger charge is 2.23. The van der Waals surface area contributed by atoms with E-state index in [9.17, 15) is 13.2 Å². The molecule has 0 spiro atoms. The molecule has 0 saturated heterocycles. The summed E-state index contributed by atoms with van der Waals surface area (Å²) in [6, 6.07) is 1.02. The quantitative estimate of drug-likeness (QED) is 0.668. The maximum absolute atomic E-state index is 12.0. The monoisotopic (exact) mass is 305 g/mol. The zero-order chi connectivity index (χ0) is 15.2. The molecule has 0 bridgehead atoms. The third-order valence-corrected chi connectivity index (χ3v) is 4.26. The maximum Gasteiger partial charge on any atom is 0.371 e. The van der Waals surface area contributed by atoms with Crippen molar-refractivity contribution in [2.75, 3.05) is 20.3 Å². The van der Waals surface area contributed by atoms with Gasteiger partial charge >= 0.3 is 5.97 Å². The molecule has 20 heavy (non-hydrogen) atoms. The number of carbonyl (C=O) groups is 1. The lowest BCUT2D eigenvalue weighted by Crippen LogP contribution is -2.25. The van der Waals surface area contributed by atoms with Crippen molar-refractivity contribution >= 4 is 16.0 Å². The number of furan rings is 1. The average Bonchev–Trinajstić information content (AvgIpc) is 2.77. The van der Waals surface area contributed by atoms with E-state index >= 15 is 0 Å². The molecule has 1 aromatic rings. The van der Waals surface area contributed by atoms with Crippen molar-refractivity contribution in [3.05, 3.63) is 17.6 Å². The Bertz CT molecular complexity index is 548. The van der Waals surface area contributed by atoms with Crippen molar-refractivity contribution in [3.63, 3.8) is 0 Å². The van der Waals surface area contributed by atoms with E-state index in [1.54, 1.807) is 7.11 Å². The lowest BCUT2D eigenvalue weighted by molar-refractivity contribution is 0.0661. The van der Waals surface area contributed by atoms with E-state index in [-0.39, 0.29) is 16.4 Å². The summed E-state index contributed by atoms with van der Waals surface area (Å²) in [7, 11) is -2.12. The van der Waals surface area contributed by atoms with Crippen LogP contribution in [0.15, 0.2) is 15.4 Å². The zero-order valence-corrected chi connectivity index (χ0v) is 12.3. The van der Waals surface area contributed by atoms with Crippen LogP contribution in [0.2, 0.25) is 0 Å². The van der Waals surface area contributed by atoms with Gasteiger partial charge in [-0.3, -0.25) is 0 Å². The number of sulfonamides is 1. The number of hydrogen-bond acceptors (Lipinski definition) is 5. The fourth-order valence-electron chi connectivity index (χ4n) is 1.67. The first-order chi connectivity index (χ1) is 9.38. The van der Waals surface area contributed by atoms with Crippen molar-refractivity contribution in [1.29, 1.82) is 0 Å². The lowest BCUT2D eigenvalue weighted by Gasteiger charge is -2.05. The van der Waals surface area contributed by atoms with Crippen LogP contribution in [0.5, 0.6) is 0 Å². The summed E-state index contributed by atoms with van der Waals surface area (Å²) in [5.41, 5.74) is 0. The van der Waals surface area contributed by atoms with Gasteiger partial charge in [0.25, 0.3) is 0 Å². The standard InChI is InChI=1S/C12H19NO6S/c1-9-11(8-10(19-9)12(14)15)20(16,17)13-6-4-3-5-7-18-2/h8,13H,3-7H2,1-2H3,(H,14,15). The van der Waals surface area contributed by atoms with Gasteiger partial charge in [-0.2, -0.15) is 0 Å². The molecular formula is C12H19NO6S. The Morgan fingerprint density at radius 1 is 1.40 bits per heavy atom. The lowest BCUT2D eigenvalue weighted by atomic mass is 10.2. The number of carboxylic acids is 1. The molecule has 0 aliphatic heterocycles. The molecule has 8 heteroatoms. The highest BCUT2D eigenvalue weighted by atomic mass is 32.2. The Hall–Kier alpha value is -1.38. The summed E-state index contributed by atoms with van der Waals surface area (Å²) >= 11 is 0. The predicted octanol–water partition coefficient (Wildman–Crippen LogP) is 1.38. The summed E-state index contributed by atoms with van der Waals surface area (Å²) < 4.78 is 36.2. The molecule has 0 unspecified atom stereocenters. The van der Waals surface area contributed by atoms with E-state index in [4.69, 9.17) is 14.3 Å². The second-order valence-electron chi connectivity index (χ2n) is 4.29. The van der Waals surface area contributed by atoms with Crippen LogP contribution in [-0.2, 0) is 14.8 Å². The molecule has 0 fully saturated rings. The van der Waals surface area contributed by atoms with Gasteiger partial charge in [-0.1, -0.05) is 0 Å². The third-order valence-electron chi connectivity index (χ3n) is 2.69. The maximum atomic E-state index is 12.0. The molecule has 0 aliphatic carbocycles. The van der Waals surface area contributed by atoms with Crippen LogP contribution in [0, 0.1) is 6.92 Å². The minimum absolute atomic E-state index is 0.0642. The molecule has 0 saturated carbocycles. The molecule has 1 aromatic heterocycles. The first-order valence-corrected chi connectivity index (χ1v) is 7.69. The first kappa shape index (κ1) is 16.7. The summed E-state index contributed by atoms with van der Waals surface area (Å²) in [4.78, 5) is 10.6. The van der Waals surface area contributed by atoms with Crippen LogP contribution in [0.4, 0.5) is 0 Å². The summed E-state index contributed by atoms with van der Waals surface area (Å²) in [5, 5.41) is 8.76. The number of carboxylic acid groups (broad SMARTS) is 1. The first-order valence-electron chi connectivity index (χ1n) is 6.21. The smallest absolute Gasteiger partial charge is 0.371 e. The Balaban J connectivity index is 2.58. The third kappa shape index (κ3) is 4.62. The van der Waals surface area contributed by atoms with Gasteiger partial charge in [-0.25, -0.2) is 17.9 Å². The van der Waals surface area contributed by atoms with Crippen molar-refractivity contribution in [3.8, 4) is 0 Å². The molecule has 114 valence electrons. The van der Waals surface area contributed by atoms with Gasteiger partial charge in [0.15, 0.2) is 0 Å². The molecule has 0 aromatic carbocycles. The van der Waals surface area contributed by atoms with Crippen LogP contribution in [0.25, 0.3) is 0 Å². The number of hydrogen-bond donors (Lipinski definition) is 2. The van der Waals surface area contributed by atoms with Gasteiger partial charge < -0.3 is 14.3 Å². The second-order valence-corrected chi connectivity index (χ2v) is 6.02. The van der Waals surface area contributed by atoms with E-state index < -0.39 is 16.0 Å². The molecule has 2 N–H and O–H groups in total. The van der Waals surface area contributed by atoms with Crippen LogP contribution < -0.4 is 4.72 Å². The van der Waals surface area contributed by atoms with Gasteiger partial charge in [0.2, 0.25) is 15.8 Å². The predicted molar refractivity (Wildman–Crippen MR) is 71.3 cm³/mol. The van der Waals surface area contributed by atoms with E-state index in [0.717, 1.165) is 18.9 Å². The molecule has 0 atom stereocenters. The Morgan fingerprint density at radius 2 is 2.10 bits per heavy atom. The number of rotatable bonds is 9. The van der Waals surface area contributed by atoms with Crippen LogP contribution in [0.1, 0.15) is 35.6 Å². The molecule has 7 nitrogen and oxygen atoms in total. The number of ether oxygens (including phenoxy) is 1. The van der Waals surface area contributed by atoms with Crippen LogP contribution in [-0.4, -0.2) is 39.8 Å². The average molecular weight is 305 g/mol. The van der Waals surface area contributed by atoms with Gasteiger partial charge in [0, 0.05) is 26.3 Å². The number of nitrogens with one attached hydrogen (secondary N) is 1. The van der Waals surface area contributed by atoms with Gasteiger partial charge in [-0.05, 0) is 26.2 Å². The topological polar surface area (TPSA) is 106 Å². The molecule has 1 rings (SSSR count). The van der Waals surface area contributed by atoms with E-state index in [2.05, 4.69) is 4.72 Å². The number of aromatic carboxylic acids is 1.